The lowest BCUT2D eigenvalue weighted by Crippen LogP contribution is -2.32. The molecule has 18 heavy (non-hydrogen) atoms. The maximum atomic E-state index is 13.4. The average Bonchev–Trinajstić information content (AvgIpc) is 2.21. The highest BCUT2D eigenvalue weighted by Gasteiger charge is 2.28. The smallest absolute Gasteiger partial charge is 0.156 e. The van der Waals surface area contributed by atoms with E-state index in [0.29, 0.717) is 5.69 Å². The molecule has 0 aliphatic heterocycles. The number of sulfone groups is 1. The van der Waals surface area contributed by atoms with Crippen LogP contribution in [-0.2, 0) is 9.84 Å². The molecule has 0 aliphatic carbocycles. The van der Waals surface area contributed by atoms with Gasteiger partial charge in [0.2, 0.25) is 0 Å². The minimum absolute atomic E-state index is 0.0253. The van der Waals surface area contributed by atoms with Crippen molar-refractivity contribution in [1.82, 2.24) is 0 Å². The van der Waals surface area contributed by atoms with Crippen LogP contribution in [-0.4, -0.2) is 25.5 Å². The predicted octanol–water partition coefficient (Wildman–Crippen LogP) is 3.21. The molecule has 0 unspecified atom stereocenters. The number of rotatable bonds is 4. The highest BCUT2D eigenvalue weighted by Crippen LogP contribution is 2.20. The van der Waals surface area contributed by atoms with Crippen molar-refractivity contribution in [1.29, 1.82) is 0 Å². The molecule has 1 N–H and O–H groups in total. The number of nitrogens with one attached hydrogen (secondary N) is 1. The summed E-state index contributed by atoms with van der Waals surface area (Å²) < 4.78 is 37.0. The Balaban J connectivity index is 2.65. The van der Waals surface area contributed by atoms with Crippen LogP contribution in [0.15, 0.2) is 22.7 Å². The fraction of sp³-hybridized carbons (Fsp3) is 0.500. The standard InChI is InChI=1S/C12H17BrFNO2S/c1-12(2,3)18(16,17)7-6-15-11-8-9(13)4-5-10(11)14/h4-5,8,15H,6-7H2,1-3H3. The second-order valence-corrected chi connectivity index (χ2v) is 8.76. The van der Waals surface area contributed by atoms with Gasteiger partial charge in [0.1, 0.15) is 5.82 Å². The largest absolute Gasteiger partial charge is 0.382 e. The van der Waals surface area contributed by atoms with E-state index >= 15 is 0 Å². The van der Waals surface area contributed by atoms with Crippen LogP contribution in [0.1, 0.15) is 20.8 Å². The first-order valence-corrected chi connectivity index (χ1v) is 7.99. The van der Waals surface area contributed by atoms with Crippen LogP contribution in [0.3, 0.4) is 0 Å². The minimum Gasteiger partial charge on any atom is -0.382 e. The van der Waals surface area contributed by atoms with Gasteiger partial charge in [0, 0.05) is 11.0 Å². The monoisotopic (exact) mass is 337 g/mol. The fourth-order valence-electron chi connectivity index (χ4n) is 1.26. The van der Waals surface area contributed by atoms with Gasteiger partial charge in [-0.05, 0) is 39.0 Å². The molecule has 0 bridgehead atoms. The van der Waals surface area contributed by atoms with E-state index < -0.39 is 20.4 Å². The van der Waals surface area contributed by atoms with Gasteiger partial charge in [-0.25, -0.2) is 12.8 Å². The number of hydrogen-bond acceptors (Lipinski definition) is 3. The van der Waals surface area contributed by atoms with Crippen LogP contribution in [0.2, 0.25) is 0 Å². The Morgan fingerprint density at radius 2 is 1.94 bits per heavy atom. The topological polar surface area (TPSA) is 46.2 Å². The third kappa shape index (κ3) is 3.95. The second-order valence-electron chi connectivity index (χ2n) is 4.98. The molecular weight excluding hydrogens is 321 g/mol. The summed E-state index contributed by atoms with van der Waals surface area (Å²) in [5.74, 6) is -0.422. The van der Waals surface area contributed by atoms with Crippen molar-refractivity contribution < 1.29 is 12.8 Å². The lowest BCUT2D eigenvalue weighted by atomic mass is 10.3. The summed E-state index contributed by atoms with van der Waals surface area (Å²) in [4.78, 5) is 0. The molecule has 6 heteroatoms. The third-order valence-electron chi connectivity index (χ3n) is 2.55. The maximum Gasteiger partial charge on any atom is 0.156 e. The minimum atomic E-state index is -3.19. The molecule has 0 aromatic heterocycles. The number of anilines is 1. The molecular formula is C12H17BrFNO2S. The SMILES string of the molecule is CC(C)(C)S(=O)(=O)CCNc1cc(Br)ccc1F. The zero-order valence-electron chi connectivity index (χ0n) is 10.6. The molecule has 0 aliphatic rings. The van der Waals surface area contributed by atoms with Gasteiger partial charge in [-0.2, -0.15) is 0 Å². The molecule has 102 valence electrons. The highest BCUT2D eigenvalue weighted by molar-refractivity contribution is 9.10. The summed E-state index contributed by atoms with van der Waals surface area (Å²) in [5, 5.41) is 2.80. The summed E-state index contributed by atoms with van der Waals surface area (Å²) >= 11 is 3.23. The summed E-state index contributed by atoms with van der Waals surface area (Å²) in [6.45, 7) is 5.15. The first kappa shape index (κ1) is 15.4. The van der Waals surface area contributed by atoms with Gasteiger partial charge in [0.05, 0.1) is 16.2 Å². The average molecular weight is 338 g/mol. The highest BCUT2D eigenvalue weighted by atomic mass is 79.9. The second kappa shape index (κ2) is 5.57. The number of halogens is 2. The maximum absolute atomic E-state index is 13.4. The van der Waals surface area contributed by atoms with Crippen molar-refractivity contribution in [3.63, 3.8) is 0 Å². The van der Waals surface area contributed by atoms with Crippen LogP contribution in [0, 0.1) is 5.82 Å². The van der Waals surface area contributed by atoms with E-state index in [-0.39, 0.29) is 12.3 Å². The Labute approximate surface area is 116 Å². The Kier molecular flexibility index (Phi) is 4.78. The molecule has 1 aromatic rings. The molecule has 0 heterocycles. The van der Waals surface area contributed by atoms with Gasteiger partial charge < -0.3 is 5.32 Å². The van der Waals surface area contributed by atoms with E-state index in [9.17, 15) is 12.8 Å². The zero-order chi connectivity index (χ0) is 14.0. The van der Waals surface area contributed by atoms with Crippen LogP contribution in [0.25, 0.3) is 0 Å². The van der Waals surface area contributed by atoms with Gasteiger partial charge in [0.25, 0.3) is 0 Å². The molecule has 1 aromatic carbocycles. The van der Waals surface area contributed by atoms with Gasteiger partial charge >= 0.3 is 0 Å². The van der Waals surface area contributed by atoms with Crippen molar-refractivity contribution in [2.24, 2.45) is 0 Å². The Hall–Kier alpha value is -0.620. The number of hydrogen-bond donors (Lipinski definition) is 1. The third-order valence-corrected chi connectivity index (χ3v) is 5.65. The normalized spacial score (nSPS) is 12.5. The molecule has 3 nitrogen and oxygen atoms in total. The van der Waals surface area contributed by atoms with Crippen LogP contribution in [0.5, 0.6) is 0 Å². The molecule has 0 saturated heterocycles. The molecule has 0 spiro atoms. The number of benzene rings is 1. The van der Waals surface area contributed by atoms with Crippen molar-refractivity contribution in [2.75, 3.05) is 17.6 Å². The van der Waals surface area contributed by atoms with E-state index in [1.54, 1.807) is 32.9 Å². The van der Waals surface area contributed by atoms with Gasteiger partial charge in [-0.1, -0.05) is 15.9 Å². The predicted molar refractivity (Wildman–Crippen MR) is 76.1 cm³/mol. The Morgan fingerprint density at radius 3 is 2.50 bits per heavy atom. The summed E-state index contributed by atoms with van der Waals surface area (Å²) in [6, 6.07) is 4.50. The first-order chi connectivity index (χ1) is 8.13. The van der Waals surface area contributed by atoms with Gasteiger partial charge in [-0.15, -0.1) is 0 Å². The van der Waals surface area contributed by atoms with E-state index in [1.165, 1.54) is 6.07 Å². The van der Waals surface area contributed by atoms with Gasteiger partial charge in [-0.3, -0.25) is 0 Å². The quantitative estimate of drug-likeness (QED) is 0.917. The van der Waals surface area contributed by atoms with Crippen LogP contribution < -0.4 is 5.32 Å². The first-order valence-electron chi connectivity index (χ1n) is 5.55. The molecule has 1 rings (SSSR count). The Morgan fingerprint density at radius 1 is 1.33 bits per heavy atom. The van der Waals surface area contributed by atoms with E-state index in [1.807, 2.05) is 0 Å². The molecule has 0 atom stereocenters. The fourth-order valence-corrected chi connectivity index (χ4v) is 2.60. The molecule has 0 amide bonds. The van der Waals surface area contributed by atoms with E-state index in [0.717, 1.165) is 4.47 Å². The zero-order valence-corrected chi connectivity index (χ0v) is 13.0. The van der Waals surface area contributed by atoms with E-state index in [4.69, 9.17) is 0 Å². The molecule has 0 fully saturated rings. The van der Waals surface area contributed by atoms with E-state index in [2.05, 4.69) is 21.2 Å². The lowest BCUT2D eigenvalue weighted by Gasteiger charge is -2.19. The Bertz CT molecular complexity index is 523. The van der Waals surface area contributed by atoms with Crippen molar-refractivity contribution >= 4 is 31.5 Å². The van der Waals surface area contributed by atoms with Crippen LogP contribution >= 0.6 is 15.9 Å². The molecule has 0 radical (unpaired) electrons. The lowest BCUT2D eigenvalue weighted by molar-refractivity contribution is 0.560. The summed E-state index contributed by atoms with van der Waals surface area (Å²) in [6.07, 6.45) is 0. The van der Waals surface area contributed by atoms with Crippen molar-refractivity contribution in [2.45, 2.75) is 25.5 Å². The van der Waals surface area contributed by atoms with Crippen molar-refractivity contribution in [3.8, 4) is 0 Å². The summed E-state index contributed by atoms with van der Waals surface area (Å²) in [7, 11) is -3.19. The van der Waals surface area contributed by atoms with Crippen molar-refractivity contribution in [3.05, 3.63) is 28.5 Å². The van der Waals surface area contributed by atoms with Crippen LogP contribution in [0.4, 0.5) is 10.1 Å². The molecule has 0 saturated carbocycles. The van der Waals surface area contributed by atoms with Gasteiger partial charge in [0.15, 0.2) is 9.84 Å². The summed E-state index contributed by atoms with van der Waals surface area (Å²) in [5.41, 5.74) is 0.300.